The van der Waals surface area contributed by atoms with Crippen molar-refractivity contribution >= 4 is 33.8 Å². The first-order chi connectivity index (χ1) is 18.8. The van der Waals surface area contributed by atoms with Crippen LogP contribution in [-0.4, -0.2) is 46.8 Å². The number of halogens is 1. The number of aliphatic hydroxyl groups is 1. The van der Waals surface area contributed by atoms with Crippen LogP contribution in [0.15, 0.2) is 52.9 Å². The number of carbonyl (C=O) groups excluding carboxylic acids is 1. The van der Waals surface area contributed by atoms with Gasteiger partial charge >= 0.3 is 0 Å². The second kappa shape index (κ2) is 10.9. The Hall–Kier alpha value is -2.35. The fourth-order valence-electron chi connectivity index (χ4n) is 6.94. The van der Waals surface area contributed by atoms with Gasteiger partial charge in [0.25, 0.3) is 5.91 Å². The quantitative estimate of drug-likeness (QED) is 0.319. The van der Waals surface area contributed by atoms with Crippen LogP contribution < -0.4 is 9.64 Å². The van der Waals surface area contributed by atoms with E-state index in [1.807, 2.05) is 37.3 Å². The summed E-state index contributed by atoms with van der Waals surface area (Å²) < 4.78 is 23.3. The van der Waals surface area contributed by atoms with Crippen LogP contribution >= 0.6 is 11.6 Å². The standard InChI is InChI=1S/C31H37ClN2O4S/c1-20-4-2-6-28(35)25-10-7-23(25)16-34-18-31(13-3-5-21-14-24(32)9-11-26(21)31)19-38-29-12-8-22(15-27(29)34)30(36)33-39(37)17-20/h2,6,8-9,11-12,14-15,20,23,25,28,35,39H,3-5,7,10,13,16-19H2,1H3/b6-2-/t20-,23-,25+,28-,31-/m0/s1. The minimum Gasteiger partial charge on any atom is -0.490 e. The van der Waals surface area contributed by atoms with Gasteiger partial charge in [-0.2, -0.15) is 4.36 Å². The Balaban J connectivity index is 1.43. The van der Waals surface area contributed by atoms with Crippen molar-refractivity contribution in [2.45, 2.75) is 57.0 Å². The van der Waals surface area contributed by atoms with Crippen molar-refractivity contribution in [3.05, 3.63) is 70.3 Å². The number of ether oxygens (including phenoxy) is 1. The van der Waals surface area contributed by atoms with Gasteiger partial charge in [-0.05, 0) is 97.7 Å². The number of thiol groups is 1. The SMILES string of the molecule is C[C@H]1C/C=C\[C@H](O)[C@@H]2CC[C@H]2CN2C[C@@]3(CCCc4cc(Cl)ccc43)COc3ccc(cc32)C(=O)/N=[SH](=O)\C1. The molecule has 8 heteroatoms. The molecule has 2 heterocycles. The van der Waals surface area contributed by atoms with Gasteiger partial charge in [-0.15, -0.1) is 0 Å². The van der Waals surface area contributed by atoms with E-state index in [1.165, 1.54) is 11.1 Å². The van der Waals surface area contributed by atoms with E-state index in [0.29, 0.717) is 30.3 Å². The number of amides is 1. The number of anilines is 1. The monoisotopic (exact) mass is 568 g/mol. The Kier molecular flexibility index (Phi) is 7.51. The minimum absolute atomic E-state index is 0.110. The van der Waals surface area contributed by atoms with E-state index in [9.17, 15) is 14.1 Å². The predicted molar refractivity (Wildman–Crippen MR) is 157 cm³/mol. The Labute approximate surface area is 237 Å². The van der Waals surface area contributed by atoms with Crippen molar-refractivity contribution in [1.29, 1.82) is 0 Å². The second-order valence-electron chi connectivity index (χ2n) is 12.0. The largest absolute Gasteiger partial charge is 0.490 e. The summed E-state index contributed by atoms with van der Waals surface area (Å²) >= 11 is 6.38. The van der Waals surface area contributed by atoms with E-state index in [2.05, 4.69) is 21.4 Å². The van der Waals surface area contributed by atoms with Gasteiger partial charge in [-0.25, -0.2) is 0 Å². The maximum Gasteiger partial charge on any atom is 0.284 e. The van der Waals surface area contributed by atoms with Crippen molar-refractivity contribution in [2.24, 2.45) is 22.1 Å². The third-order valence-corrected chi connectivity index (χ3v) is 10.8. The number of rotatable bonds is 0. The first-order valence-electron chi connectivity index (χ1n) is 14.2. The van der Waals surface area contributed by atoms with Gasteiger partial charge in [0, 0.05) is 45.4 Å². The summed E-state index contributed by atoms with van der Waals surface area (Å²) in [6, 6.07) is 11.7. The number of benzene rings is 2. The predicted octanol–water partition coefficient (Wildman–Crippen LogP) is 5.60. The molecule has 6 nitrogen and oxygen atoms in total. The molecule has 2 aliphatic carbocycles. The van der Waals surface area contributed by atoms with Gasteiger partial charge < -0.3 is 14.7 Å². The molecule has 208 valence electrons. The molecule has 6 atom stereocenters. The van der Waals surface area contributed by atoms with E-state index in [4.69, 9.17) is 16.3 Å². The molecule has 2 aromatic rings. The van der Waals surface area contributed by atoms with Crippen molar-refractivity contribution in [1.82, 2.24) is 0 Å². The number of allylic oxidation sites excluding steroid dienone is 1. The van der Waals surface area contributed by atoms with E-state index in [-0.39, 0.29) is 17.3 Å². The molecule has 6 rings (SSSR count). The molecule has 1 N–H and O–H groups in total. The zero-order valence-corrected chi connectivity index (χ0v) is 24.0. The van der Waals surface area contributed by atoms with Gasteiger partial charge in [0.05, 0.1) is 18.4 Å². The Bertz CT molecular complexity index is 1390. The summed E-state index contributed by atoms with van der Waals surface area (Å²) in [5.41, 5.74) is 3.68. The van der Waals surface area contributed by atoms with Gasteiger partial charge in [0.2, 0.25) is 0 Å². The van der Waals surface area contributed by atoms with E-state index in [1.54, 1.807) is 6.07 Å². The van der Waals surface area contributed by atoms with Gasteiger partial charge in [-0.1, -0.05) is 36.7 Å². The number of carbonyl (C=O) groups is 1. The summed E-state index contributed by atoms with van der Waals surface area (Å²) in [6.45, 7) is 4.08. The molecule has 1 unspecified atom stereocenters. The molecule has 0 radical (unpaired) electrons. The maximum atomic E-state index is 13.1. The topological polar surface area (TPSA) is 79.2 Å². The third-order valence-electron chi connectivity index (χ3n) is 9.20. The number of aryl methyl sites for hydroxylation is 1. The summed E-state index contributed by atoms with van der Waals surface area (Å²) in [6.07, 6.45) is 9.25. The highest BCUT2D eigenvalue weighted by atomic mass is 35.5. The minimum atomic E-state index is -2.01. The highest BCUT2D eigenvalue weighted by Crippen LogP contribution is 2.46. The molecule has 1 saturated carbocycles. The molecule has 2 bridgehead atoms. The van der Waals surface area contributed by atoms with Crippen molar-refractivity contribution in [3.63, 3.8) is 0 Å². The Morgan fingerprint density at radius 3 is 2.90 bits per heavy atom. The third kappa shape index (κ3) is 5.38. The molecular formula is C31H37ClN2O4S. The van der Waals surface area contributed by atoms with Gasteiger partial charge in [0.15, 0.2) is 0 Å². The lowest BCUT2D eigenvalue weighted by molar-refractivity contribution is 0.0456. The number of aliphatic hydroxyl groups excluding tert-OH is 1. The molecule has 4 aliphatic rings. The number of hydrogen-bond donors (Lipinski definition) is 2. The number of hydrogen-bond acceptors (Lipinski definition) is 5. The van der Waals surface area contributed by atoms with E-state index in [0.717, 1.165) is 61.7 Å². The molecule has 1 spiro atoms. The van der Waals surface area contributed by atoms with Crippen molar-refractivity contribution in [2.75, 3.05) is 30.3 Å². The van der Waals surface area contributed by atoms with Gasteiger partial charge in [-0.3, -0.25) is 9.00 Å². The first-order valence-corrected chi connectivity index (χ1v) is 15.9. The van der Waals surface area contributed by atoms with Crippen LogP contribution in [0, 0.1) is 17.8 Å². The lowest BCUT2D eigenvalue weighted by Crippen LogP contribution is -2.49. The van der Waals surface area contributed by atoms with Crippen LogP contribution in [-0.2, 0) is 22.4 Å². The second-order valence-corrected chi connectivity index (χ2v) is 13.7. The fraction of sp³-hybridized carbons (Fsp3) is 0.516. The molecule has 0 saturated heterocycles. The van der Waals surface area contributed by atoms with Crippen LogP contribution in [0.4, 0.5) is 5.69 Å². The summed E-state index contributed by atoms with van der Waals surface area (Å²) in [5, 5.41) is 11.8. The molecule has 2 aromatic carbocycles. The molecule has 1 amide bonds. The highest BCUT2D eigenvalue weighted by Gasteiger charge is 2.44. The summed E-state index contributed by atoms with van der Waals surface area (Å²) in [5.74, 6) is 1.30. The smallest absolute Gasteiger partial charge is 0.284 e. The van der Waals surface area contributed by atoms with E-state index < -0.39 is 22.6 Å². The fourth-order valence-corrected chi connectivity index (χ4v) is 8.21. The average Bonchev–Trinajstić information content (AvgIpc) is 3.03. The van der Waals surface area contributed by atoms with Crippen LogP contribution in [0.5, 0.6) is 5.75 Å². The van der Waals surface area contributed by atoms with Gasteiger partial charge in [0.1, 0.15) is 5.75 Å². The number of fused-ring (bicyclic) bond motifs is 4. The van der Waals surface area contributed by atoms with Crippen LogP contribution in [0.2, 0.25) is 5.02 Å². The lowest BCUT2D eigenvalue weighted by Gasteiger charge is -2.45. The van der Waals surface area contributed by atoms with Crippen LogP contribution in [0.3, 0.4) is 0 Å². The highest BCUT2D eigenvalue weighted by molar-refractivity contribution is 7.75. The van der Waals surface area contributed by atoms with E-state index >= 15 is 0 Å². The van der Waals surface area contributed by atoms with Crippen molar-refractivity contribution < 1.29 is 18.8 Å². The normalized spacial score (nSPS) is 34.0. The Morgan fingerprint density at radius 2 is 2.08 bits per heavy atom. The summed E-state index contributed by atoms with van der Waals surface area (Å²) in [4.78, 5) is 15.5. The maximum absolute atomic E-state index is 13.1. The molecule has 39 heavy (non-hydrogen) atoms. The summed E-state index contributed by atoms with van der Waals surface area (Å²) in [7, 11) is -2.01. The molecular weight excluding hydrogens is 532 g/mol. The lowest BCUT2D eigenvalue weighted by atomic mass is 9.68. The molecule has 2 aliphatic heterocycles. The van der Waals surface area contributed by atoms with Crippen molar-refractivity contribution in [3.8, 4) is 5.75 Å². The zero-order valence-electron chi connectivity index (χ0n) is 22.4. The van der Waals surface area contributed by atoms with Crippen LogP contribution in [0.1, 0.15) is 60.5 Å². The zero-order chi connectivity index (χ0) is 27.1. The Morgan fingerprint density at radius 1 is 1.21 bits per heavy atom. The van der Waals surface area contributed by atoms with Crippen LogP contribution in [0.25, 0.3) is 0 Å². The average molecular weight is 569 g/mol. The number of nitrogens with zero attached hydrogens (tertiary/aromatic N) is 2. The first kappa shape index (κ1) is 26.9. The molecule has 1 fully saturated rings. The molecule has 0 aromatic heterocycles.